The number of nitrogens with zero attached hydrogens (tertiary/aromatic N) is 4. The van der Waals surface area contributed by atoms with Gasteiger partial charge in [0.25, 0.3) is 0 Å². The Morgan fingerprint density at radius 1 is 1.31 bits per heavy atom. The lowest BCUT2D eigenvalue weighted by molar-refractivity contribution is -0.128. The molecule has 1 amide bonds. The highest BCUT2D eigenvalue weighted by molar-refractivity contribution is 9.09. The standard InChI is InChI=1S/C10H13BrN4O/c11-7-10(16)15-5-3-14(4-6-15)9-8-12-1-2-13-9/h1-2,8H,3-7H2. The fourth-order valence-corrected chi connectivity index (χ4v) is 2.08. The number of anilines is 1. The van der Waals surface area contributed by atoms with Crippen LogP contribution in [-0.2, 0) is 4.79 Å². The molecular formula is C10H13BrN4O. The van der Waals surface area contributed by atoms with Gasteiger partial charge in [-0.15, -0.1) is 0 Å². The summed E-state index contributed by atoms with van der Waals surface area (Å²) in [5.74, 6) is 1.03. The number of carbonyl (C=O) groups excluding carboxylic acids is 1. The van der Waals surface area contributed by atoms with E-state index in [1.807, 2.05) is 4.90 Å². The van der Waals surface area contributed by atoms with Gasteiger partial charge in [0.05, 0.1) is 11.5 Å². The molecule has 86 valence electrons. The fraction of sp³-hybridized carbons (Fsp3) is 0.500. The second-order valence-corrected chi connectivity index (χ2v) is 4.13. The van der Waals surface area contributed by atoms with Gasteiger partial charge in [-0.3, -0.25) is 9.78 Å². The smallest absolute Gasteiger partial charge is 0.233 e. The van der Waals surface area contributed by atoms with Gasteiger partial charge in [0.2, 0.25) is 5.91 Å². The highest BCUT2D eigenvalue weighted by atomic mass is 79.9. The Morgan fingerprint density at radius 3 is 2.62 bits per heavy atom. The summed E-state index contributed by atoms with van der Waals surface area (Å²) in [4.78, 5) is 23.7. The van der Waals surface area contributed by atoms with E-state index in [1.165, 1.54) is 0 Å². The normalized spacial score (nSPS) is 16.3. The van der Waals surface area contributed by atoms with Gasteiger partial charge in [0.15, 0.2) is 0 Å². The van der Waals surface area contributed by atoms with E-state index in [-0.39, 0.29) is 5.91 Å². The lowest BCUT2D eigenvalue weighted by Gasteiger charge is -2.34. The zero-order valence-electron chi connectivity index (χ0n) is 8.84. The first-order chi connectivity index (χ1) is 7.81. The van der Waals surface area contributed by atoms with Crippen LogP contribution in [0, 0.1) is 0 Å². The summed E-state index contributed by atoms with van der Waals surface area (Å²) in [6.45, 7) is 3.14. The molecule has 1 saturated heterocycles. The van der Waals surface area contributed by atoms with Crippen molar-refractivity contribution in [1.29, 1.82) is 0 Å². The monoisotopic (exact) mass is 284 g/mol. The molecule has 1 aromatic rings. The van der Waals surface area contributed by atoms with Gasteiger partial charge < -0.3 is 9.80 Å². The first kappa shape index (κ1) is 11.3. The SMILES string of the molecule is O=C(CBr)N1CCN(c2cnccn2)CC1. The fourth-order valence-electron chi connectivity index (χ4n) is 1.72. The maximum absolute atomic E-state index is 11.4. The second-order valence-electron chi connectivity index (χ2n) is 3.57. The molecule has 1 aliphatic heterocycles. The summed E-state index contributed by atoms with van der Waals surface area (Å²) in [6.07, 6.45) is 5.10. The summed E-state index contributed by atoms with van der Waals surface area (Å²) in [6, 6.07) is 0. The van der Waals surface area contributed by atoms with Crippen LogP contribution in [-0.4, -0.2) is 52.3 Å². The largest absolute Gasteiger partial charge is 0.352 e. The summed E-state index contributed by atoms with van der Waals surface area (Å²) in [5.41, 5.74) is 0. The van der Waals surface area contributed by atoms with Crippen molar-refractivity contribution in [2.45, 2.75) is 0 Å². The molecule has 0 unspecified atom stereocenters. The Morgan fingerprint density at radius 2 is 2.06 bits per heavy atom. The lowest BCUT2D eigenvalue weighted by Crippen LogP contribution is -2.49. The van der Waals surface area contributed by atoms with Crippen LogP contribution < -0.4 is 4.90 Å². The van der Waals surface area contributed by atoms with Crippen LogP contribution in [0.1, 0.15) is 0 Å². The minimum Gasteiger partial charge on any atom is -0.352 e. The number of hydrogen-bond donors (Lipinski definition) is 0. The van der Waals surface area contributed by atoms with Gasteiger partial charge in [-0.1, -0.05) is 15.9 Å². The van der Waals surface area contributed by atoms with Crippen molar-refractivity contribution in [1.82, 2.24) is 14.9 Å². The molecule has 0 spiro atoms. The highest BCUT2D eigenvalue weighted by Gasteiger charge is 2.20. The number of aromatic nitrogens is 2. The van der Waals surface area contributed by atoms with E-state index in [9.17, 15) is 4.79 Å². The third-order valence-corrected chi connectivity index (χ3v) is 3.10. The maximum atomic E-state index is 11.4. The van der Waals surface area contributed by atoms with Crippen LogP contribution in [0.3, 0.4) is 0 Å². The summed E-state index contributed by atoms with van der Waals surface area (Å²) in [7, 11) is 0. The molecule has 0 atom stereocenters. The van der Waals surface area contributed by atoms with E-state index < -0.39 is 0 Å². The van der Waals surface area contributed by atoms with E-state index in [0.29, 0.717) is 5.33 Å². The number of rotatable bonds is 2. The molecule has 0 N–H and O–H groups in total. The molecule has 6 heteroatoms. The molecule has 2 rings (SSSR count). The predicted molar refractivity (Wildman–Crippen MR) is 64.6 cm³/mol. The van der Waals surface area contributed by atoms with Crippen molar-refractivity contribution in [3.8, 4) is 0 Å². The van der Waals surface area contributed by atoms with E-state index in [2.05, 4.69) is 30.8 Å². The first-order valence-corrected chi connectivity index (χ1v) is 6.28. The Kier molecular flexibility index (Phi) is 3.71. The van der Waals surface area contributed by atoms with Gasteiger partial charge >= 0.3 is 0 Å². The van der Waals surface area contributed by atoms with Crippen LogP contribution >= 0.6 is 15.9 Å². The maximum Gasteiger partial charge on any atom is 0.233 e. The molecule has 0 aliphatic carbocycles. The third-order valence-electron chi connectivity index (χ3n) is 2.62. The molecule has 0 aromatic carbocycles. The van der Waals surface area contributed by atoms with Crippen molar-refractivity contribution in [3.63, 3.8) is 0 Å². The number of alkyl halides is 1. The molecule has 1 fully saturated rings. The van der Waals surface area contributed by atoms with Crippen molar-refractivity contribution >= 4 is 27.7 Å². The molecule has 0 saturated carbocycles. The van der Waals surface area contributed by atoms with Gasteiger partial charge in [0.1, 0.15) is 5.82 Å². The Balaban J connectivity index is 1.93. The van der Waals surface area contributed by atoms with Crippen molar-refractivity contribution < 1.29 is 4.79 Å². The zero-order valence-corrected chi connectivity index (χ0v) is 10.4. The van der Waals surface area contributed by atoms with E-state index in [0.717, 1.165) is 32.0 Å². The molecule has 16 heavy (non-hydrogen) atoms. The molecule has 2 heterocycles. The minimum absolute atomic E-state index is 0.152. The Bertz CT molecular complexity index is 351. The van der Waals surface area contributed by atoms with Crippen LogP contribution in [0.2, 0.25) is 0 Å². The average molecular weight is 285 g/mol. The van der Waals surface area contributed by atoms with Crippen LogP contribution in [0.25, 0.3) is 0 Å². The van der Waals surface area contributed by atoms with Crippen molar-refractivity contribution in [3.05, 3.63) is 18.6 Å². The second kappa shape index (κ2) is 5.25. The summed E-state index contributed by atoms with van der Waals surface area (Å²) < 4.78 is 0. The number of carbonyl (C=O) groups is 1. The van der Waals surface area contributed by atoms with Gasteiger partial charge in [-0.05, 0) is 0 Å². The summed E-state index contributed by atoms with van der Waals surface area (Å²) in [5, 5.41) is 0.401. The van der Waals surface area contributed by atoms with Crippen molar-refractivity contribution in [2.24, 2.45) is 0 Å². The molecule has 0 radical (unpaired) electrons. The molecular weight excluding hydrogens is 272 g/mol. The van der Waals surface area contributed by atoms with Gasteiger partial charge in [-0.2, -0.15) is 0 Å². The van der Waals surface area contributed by atoms with Crippen LogP contribution in [0.4, 0.5) is 5.82 Å². The van der Waals surface area contributed by atoms with Gasteiger partial charge in [-0.25, -0.2) is 4.98 Å². The quantitative estimate of drug-likeness (QED) is 0.743. The summed E-state index contributed by atoms with van der Waals surface area (Å²) >= 11 is 3.18. The number of piperazine rings is 1. The number of amides is 1. The first-order valence-electron chi connectivity index (χ1n) is 5.16. The topological polar surface area (TPSA) is 49.3 Å². The van der Waals surface area contributed by atoms with Gasteiger partial charge in [0, 0.05) is 38.6 Å². The van der Waals surface area contributed by atoms with Crippen LogP contribution in [0.15, 0.2) is 18.6 Å². The molecule has 1 aromatic heterocycles. The zero-order chi connectivity index (χ0) is 11.4. The highest BCUT2D eigenvalue weighted by Crippen LogP contribution is 2.11. The number of hydrogen-bond acceptors (Lipinski definition) is 4. The molecule has 5 nitrogen and oxygen atoms in total. The van der Waals surface area contributed by atoms with E-state index in [1.54, 1.807) is 18.6 Å². The van der Waals surface area contributed by atoms with E-state index >= 15 is 0 Å². The van der Waals surface area contributed by atoms with E-state index in [4.69, 9.17) is 0 Å². The third kappa shape index (κ3) is 2.49. The Hall–Kier alpha value is -1.17. The van der Waals surface area contributed by atoms with Crippen molar-refractivity contribution in [2.75, 3.05) is 36.4 Å². The molecule has 0 bridgehead atoms. The number of halogens is 1. The Labute approximate surface area is 103 Å². The predicted octanol–water partition coefficient (Wildman–Crippen LogP) is 0.520. The minimum atomic E-state index is 0.152. The van der Waals surface area contributed by atoms with Crippen LogP contribution in [0.5, 0.6) is 0 Å². The lowest BCUT2D eigenvalue weighted by atomic mass is 10.3. The average Bonchev–Trinajstić information content (AvgIpc) is 2.39. The molecule has 1 aliphatic rings.